The molecule has 0 atom stereocenters. The highest BCUT2D eigenvalue weighted by Gasteiger charge is 2.20. The van der Waals surface area contributed by atoms with Gasteiger partial charge in [0, 0.05) is 0 Å². The normalized spacial score (nSPS) is 17.1. The van der Waals surface area contributed by atoms with E-state index < -0.39 is 0 Å². The summed E-state index contributed by atoms with van der Waals surface area (Å²) >= 11 is 3.46. The van der Waals surface area contributed by atoms with Gasteiger partial charge in [-0.15, -0.1) is 0 Å². The maximum Gasteiger partial charge on any atom is 0.174 e. The van der Waals surface area contributed by atoms with Crippen LogP contribution in [0.3, 0.4) is 0 Å². The smallest absolute Gasteiger partial charge is 0.174 e. The van der Waals surface area contributed by atoms with E-state index in [1.54, 1.807) is 7.11 Å². The predicted octanol–water partition coefficient (Wildman–Crippen LogP) is 4.46. The van der Waals surface area contributed by atoms with Gasteiger partial charge in [-0.25, -0.2) is 0 Å². The Morgan fingerprint density at radius 2 is 1.95 bits per heavy atom. The fourth-order valence-corrected chi connectivity index (χ4v) is 2.71. The molecule has 1 heterocycles. The number of halogens is 1. The molecule has 0 spiro atoms. The highest BCUT2D eigenvalue weighted by Crippen LogP contribution is 2.31. The van der Waals surface area contributed by atoms with Gasteiger partial charge in [0.15, 0.2) is 11.5 Å². The van der Waals surface area contributed by atoms with Crippen LogP contribution >= 0.6 is 15.9 Å². The van der Waals surface area contributed by atoms with Crippen molar-refractivity contribution in [2.24, 2.45) is 0 Å². The maximum absolute atomic E-state index is 5.64. The van der Waals surface area contributed by atoms with Crippen LogP contribution in [0.4, 0.5) is 0 Å². The van der Waals surface area contributed by atoms with Crippen LogP contribution in [0.2, 0.25) is 0 Å². The number of hydrogen-bond acceptors (Lipinski definition) is 2. The number of ether oxygens (including phenoxy) is 2. The molecular formula is C16H13BrO2. The average molecular weight is 317 g/mol. The lowest BCUT2D eigenvalue weighted by molar-refractivity contribution is 0.234. The molecule has 96 valence electrons. The third-order valence-electron chi connectivity index (χ3n) is 3.14. The molecule has 0 amide bonds. The number of fused-ring (bicyclic) bond motifs is 1. The first kappa shape index (κ1) is 12.3. The average Bonchev–Trinajstić information content (AvgIpc) is 2.79. The van der Waals surface area contributed by atoms with E-state index in [1.165, 1.54) is 10.8 Å². The lowest BCUT2D eigenvalue weighted by Crippen LogP contribution is -1.89. The maximum atomic E-state index is 5.64. The number of benzene rings is 2. The molecule has 0 radical (unpaired) electrons. The largest absolute Gasteiger partial charge is 0.492 e. The Morgan fingerprint density at radius 3 is 2.79 bits per heavy atom. The van der Waals surface area contributed by atoms with Gasteiger partial charge < -0.3 is 9.47 Å². The van der Waals surface area contributed by atoms with Crippen LogP contribution in [0.25, 0.3) is 16.8 Å². The van der Waals surface area contributed by atoms with Gasteiger partial charge >= 0.3 is 0 Å². The second-order valence-corrected chi connectivity index (χ2v) is 5.26. The highest BCUT2D eigenvalue weighted by atomic mass is 79.9. The molecule has 3 rings (SSSR count). The molecule has 0 bridgehead atoms. The Hall–Kier alpha value is -1.74. The van der Waals surface area contributed by atoms with Gasteiger partial charge in [0.2, 0.25) is 0 Å². The van der Waals surface area contributed by atoms with Crippen molar-refractivity contribution in [3.05, 3.63) is 64.0 Å². The third-order valence-corrected chi connectivity index (χ3v) is 3.73. The topological polar surface area (TPSA) is 18.5 Å². The van der Waals surface area contributed by atoms with Gasteiger partial charge in [-0.05, 0) is 38.3 Å². The summed E-state index contributed by atoms with van der Waals surface area (Å²) in [6, 6.07) is 14.5. The first-order valence-electron chi connectivity index (χ1n) is 6.05. The SMILES string of the molecule is COC1=C(Br)CO/C1=C\c1cccc2ccccc12. The van der Waals surface area contributed by atoms with Crippen molar-refractivity contribution >= 4 is 32.8 Å². The van der Waals surface area contributed by atoms with Gasteiger partial charge in [0.1, 0.15) is 6.61 Å². The van der Waals surface area contributed by atoms with Crippen LogP contribution < -0.4 is 0 Å². The summed E-state index contributed by atoms with van der Waals surface area (Å²) in [6.07, 6.45) is 2.02. The van der Waals surface area contributed by atoms with E-state index in [0.717, 1.165) is 21.6 Å². The minimum atomic E-state index is 0.528. The van der Waals surface area contributed by atoms with E-state index >= 15 is 0 Å². The van der Waals surface area contributed by atoms with Crippen molar-refractivity contribution in [3.8, 4) is 0 Å². The molecule has 2 aromatic carbocycles. The highest BCUT2D eigenvalue weighted by molar-refractivity contribution is 9.11. The van der Waals surface area contributed by atoms with Crippen molar-refractivity contribution in [2.45, 2.75) is 0 Å². The molecule has 0 unspecified atom stereocenters. The van der Waals surface area contributed by atoms with E-state index in [-0.39, 0.29) is 0 Å². The van der Waals surface area contributed by atoms with E-state index in [9.17, 15) is 0 Å². The minimum Gasteiger partial charge on any atom is -0.492 e. The summed E-state index contributed by atoms with van der Waals surface area (Å²) in [6.45, 7) is 0.528. The summed E-state index contributed by atoms with van der Waals surface area (Å²) in [5.41, 5.74) is 1.13. The minimum absolute atomic E-state index is 0.528. The summed E-state index contributed by atoms with van der Waals surface area (Å²) in [5, 5.41) is 2.43. The monoisotopic (exact) mass is 316 g/mol. The van der Waals surface area contributed by atoms with E-state index in [4.69, 9.17) is 9.47 Å². The second-order valence-electron chi connectivity index (χ2n) is 4.30. The van der Waals surface area contributed by atoms with E-state index in [0.29, 0.717) is 6.61 Å². The summed E-state index contributed by atoms with van der Waals surface area (Å²) in [5.74, 6) is 1.54. The van der Waals surface area contributed by atoms with Crippen LogP contribution in [-0.4, -0.2) is 13.7 Å². The molecule has 3 heteroatoms. The van der Waals surface area contributed by atoms with Crippen LogP contribution in [0.15, 0.2) is 58.5 Å². The van der Waals surface area contributed by atoms with Crippen LogP contribution in [0.5, 0.6) is 0 Å². The predicted molar refractivity (Wildman–Crippen MR) is 80.8 cm³/mol. The first-order chi connectivity index (χ1) is 9.29. The molecule has 0 saturated heterocycles. The zero-order chi connectivity index (χ0) is 13.2. The Balaban J connectivity index is 2.12. The molecule has 0 aromatic heterocycles. The Kier molecular flexibility index (Phi) is 3.30. The summed E-state index contributed by atoms with van der Waals surface area (Å²) in [4.78, 5) is 0. The Bertz CT molecular complexity index is 681. The van der Waals surface area contributed by atoms with Crippen LogP contribution in [-0.2, 0) is 9.47 Å². The standard InChI is InChI=1S/C16H13BrO2/c1-18-16-14(17)10-19-15(16)9-12-7-4-6-11-5-2-3-8-13(11)12/h2-9H,10H2,1H3/b15-9-. The molecular weight excluding hydrogens is 304 g/mol. The third kappa shape index (κ3) is 2.26. The van der Waals surface area contributed by atoms with Crippen LogP contribution in [0, 0.1) is 0 Å². The van der Waals surface area contributed by atoms with Crippen LogP contribution in [0.1, 0.15) is 5.56 Å². The van der Waals surface area contributed by atoms with Gasteiger partial charge in [-0.3, -0.25) is 0 Å². The second kappa shape index (κ2) is 5.10. The van der Waals surface area contributed by atoms with Crippen molar-refractivity contribution in [1.82, 2.24) is 0 Å². The number of methoxy groups -OCH3 is 1. The first-order valence-corrected chi connectivity index (χ1v) is 6.84. The lowest BCUT2D eigenvalue weighted by Gasteiger charge is -2.06. The van der Waals surface area contributed by atoms with E-state index in [2.05, 4.69) is 46.3 Å². The molecule has 2 aromatic rings. The van der Waals surface area contributed by atoms with Crippen molar-refractivity contribution in [2.75, 3.05) is 13.7 Å². The molecule has 1 aliphatic rings. The van der Waals surface area contributed by atoms with Crippen molar-refractivity contribution < 1.29 is 9.47 Å². The van der Waals surface area contributed by atoms with E-state index in [1.807, 2.05) is 18.2 Å². The van der Waals surface area contributed by atoms with Gasteiger partial charge in [0.25, 0.3) is 0 Å². The molecule has 0 aliphatic carbocycles. The molecule has 0 saturated carbocycles. The molecule has 19 heavy (non-hydrogen) atoms. The van der Waals surface area contributed by atoms with Crippen molar-refractivity contribution in [3.63, 3.8) is 0 Å². The lowest BCUT2D eigenvalue weighted by atomic mass is 10.0. The van der Waals surface area contributed by atoms with Gasteiger partial charge in [0.05, 0.1) is 11.6 Å². The molecule has 0 N–H and O–H groups in total. The Morgan fingerprint density at radius 1 is 1.16 bits per heavy atom. The summed E-state index contributed by atoms with van der Waals surface area (Å²) < 4.78 is 11.9. The molecule has 2 nitrogen and oxygen atoms in total. The zero-order valence-corrected chi connectivity index (χ0v) is 12.1. The van der Waals surface area contributed by atoms with Crippen molar-refractivity contribution in [1.29, 1.82) is 0 Å². The number of rotatable bonds is 2. The molecule has 1 aliphatic heterocycles. The Labute approximate surface area is 120 Å². The summed E-state index contributed by atoms with van der Waals surface area (Å²) in [7, 11) is 1.65. The quantitative estimate of drug-likeness (QED) is 0.814. The number of hydrogen-bond donors (Lipinski definition) is 0. The zero-order valence-electron chi connectivity index (χ0n) is 10.5. The molecule has 0 fully saturated rings. The van der Waals surface area contributed by atoms with Gasteiger partial charge in [-0.1, -0.05) is 42.5 Å². The fraction of sp³-hybridized carbons (Fsp3) is 0.125. The fourth-order valence-electron chi connectivity index (χ4n) is 2.24. The van der Waals surface area contributed by atoms with Gasteiger partial charge in [-0.2, -0.15) is 0 Å².